The summed E-state index contributed by atoms with van der Waals surface area (Å²) in [5, 5.41) is 3.02. The van der Waals surface area contributed by atoms with E-state index in [0.717, 1.165) is 24.4 Å². The second-order valence-electron chi connectivity index (χ2n) is 4.82. The lowest BCUT2D eigenvalue weighted by Gasteiger charge is -2.20. The minimum Gasteiger partial charge on any atom is -0.320 e. The Kier molecular flexibility index (Phi) is 7.12. The maximum absolute atomic E-state index is 12.3. The average Bonchev–Trinajstić information content (AvgIpc) is 2.41. The van der Waals surface area contributed by atoms with Gasteiger partial charge in [0.25, 0.3) is 0 Å². The molecule has 0 aromatic carbocycles. The number of sulfonamides is 1. The summed E-state index contributed by atoms with van der Waals surface area (Å²) in [7, 11) is -1.33. The zero-order valence-electron chi connectivity index (χ0n) is 12.6. The van der Waals surface area contributed by atoms with Crippen molar-refractivity contribution >= 4 is 10.0 Å². The molecule has 1 aromatic heterocycles. The van der Waals surface area contributed by atoms with Gasteiger partial charge in [-0.15, -0.1) is 0 Å². The molecular weight excluding hydrogens is 274 g/mol. The number of rotatable bonds is 9. The number of nitrogens with one attached hydrogen (secondary N) is 1. The van der Waals surface area contributed by atoms with Crippen LogP contribution >= 0.6 is 0 Å². The molecule has 0 aliphatic carbocycles. The van der Waals surface area contributed by atoms with Crippen LogP contribution in [0.15, 0.2) is 18.2 Å². The van der Waals surface area contributed by atoms with E-state index >= 15 is 0 Å². The Hall–Kier alpha value is -0.980. The van der Waals surface area contributed by atoms with Crippen molar-refractivity contribution in [3.05, 3.63) is 29.6 Å². The number of unbranched alkanes of at least 4 members (excludes halogenated alkanes) is 1. The van der Waals surface area contributed by atoms with Crippen molar-refractivity contribution in [1.29, 1.82) is 0 Å². The molecule has 0 amide bonds. The first kappa shape index (κ1) is 17.1. The molecule has 0 unspecified atom stereocenters. The number of pyridine rings is 1. The summed E-state index contributed by atoms with van der Waals surface area (Å²) in [6, 6.07) is 5.68. The van der Waals surface area contributed by atoms with E-state index in [1.165, 1.54) is 4.31 Å². The highest BCUT2D eigenvalue weighted by Gasteiger charge is 2.20. The molecule has 20 heavy (non-hydrogen) atoms. The molecule has 1 aromatic rings. The molecule has 0 fully saturated rings. The Morgan fingerprint density at radius 2 is 2.05 bits per heavy atom. The molecule has 1 rings (SSSR count). The first-order chi connectivity index (χ1) is 9.49. The van der Waals surface area contributed by atoms with Crippen molar-refractivity contribution in [1.82, 2.24) is 14.6 Å². The summed E-state index contributed by atoms with van der Waals surface area (Å²) in [6.45, 7) is 5.45. The lowest BCUT2D eigenvalue weighted by Crippen LogP contribution is -2.33. The van der Waals surface area contributed by atoms with Gasteiger partial charge in [-0.05, 0) is 45.5 Å². The molecule has 0 bridgehead atoms. The maximum Gasteiger partial charge on any atom is 0.214 e. The van der Waals surface area contributed by atoms with Crippen molar-refractivity contribution in [3.63, 3.8) is 0 Å². The fraction of sp³-hybridized carbons (Fsp3) is 0.643. The summed E-state index contributed by atoms with van der Waals surface area (Å²) in [4.78, 5) is 4.37. The number of nitrogens with zero attached hydrogens (tertiary/aromatic N) is 2. The van der Waals surface area contributed by atoms with Gasteiger partial charge < -0.3 is 5.32 Å². The highest BCUT2D eigenvalue weighted by Crippen LogP contribution is 2.10. The van der Waals surface area contributed by atoms with E-state index in [4.69, 9.17) is 0 Å². The molecule has 0 saturated carbocycles. The second kappa shape index (κ2) is 8.34. The lowest BCUT2D eigenvalue weighted by atomic mass is 10.3. The Balaban J connectivity index is 2.64. The fourth-order valence-corrected chi connectivity index (χ4v) is 3.54. The first-order valence-corrected chi connectivity index (χ1v) is 8.65. The molecule has 0 radical (unpaired) electrons. The molecule has 0 aliphatic heterocycles. The SMILES string of the molecule is CCN(Cc1cccc(C)n1)S(=O)(=O)CCCCNC. The fourth-order valence-electron chi connectivity index (χ4n) is 1.99. The third-order valence-corrected chi connectivity index (χ3v) is 5.09. The highest BCUT2D eigenvalue weighted by atomic mass is 32.2. The molecule has 0 spiro atoms. The molecule has 1 heterocycles. The molecule has 0 aliphatic rings. The summed E-state index contributed by atoms with van der Waals surface area (Å²) < 4.78 is 26.1. The van der Waals surface area contributed by atoms with Gasteiger partial charge in [-0.3, -0.25) is 4.98 Å². The van der Waals surface area contributed by atoms with Crippen LogP contribution in [0.3, 0.4) is 0 Å². The smallest absolute Gasteiger partial charge is 0.214 e. The highest BCUT2D eigenvalue weighted by molar-refractivity contribution is 7.89. The topological polar surface area (TPSA) is 62.3 Å². The van der Waals surface area contributed by atoms with Crippen LogP contribution < -0.4 is 5.32 Å². The van der Waals surface area contributed by atoms with Gasteiger partial charge in [0.1, 0.15) is 0 Å². The third-order valence-electron chi connectivity index (χ3n) is 3.11. The van der Waals surface area contributed by atoms with Crippen LogP contribution in [0.4, 0.5) is 0 Å². The van der Waals surface area contributed by atoms with Crippen LogP contribution in [-0.4, -0.2) is 43.6 Å². The predicted octanol–water partition coefficient (Wildman–Crippen LogP) is 1.54. The Morgan fingerprint density at radius 1 is 1.30 bits per heavy atom. The molecule has 5 nitrogen and oxygen atoms in total. The van der Waals surface area contributed by atoms with Crippen molar-refractivity contribution in [2.75, 3.05) is 25.9 Å². The van der Waals surface area contributed by atoms with Crippen LogP contribution in [0, 0.1) is 6.92 Å². The maximum atomic E-state index is 12.3. The molecule has 1 N–H and O–H groups in total. The minimum atomic E-state index is -3.20. The number of aryl methyl sites for hydroxylation is 1. The van der Waals surface area contributed by atoms with Gasteiger partial charge in [0.15, 0.2) is 0 Å². The van der Waals surface area contributed by atoms with Crippen LogP contribution in [0.5, 0.6) is 0 Å². The summed E-state index contributed by atoms with van der Waals surface area (Å²) >= 11 is 0. The quantitative estimate of drug-likeness (QED) is 0.703. The predicted molar refractivity (Wildman–Crippen MR) is 82.0 cm³/mol. The van der Waals surface area contributed by atoms with Crippen molar-refractivity contribution < 1.29 is 8.42 Å². The number of aromatic nitrogens is 1. The van der Waals surface area contributed by atoms with Crippen molar-refractivity contribution in [2.45, 2.75) is 33.2 Å². The van der Waals surface area contributed by atoms with Crippen molar-refractivity contribution in [3.8, 4) is 0 Å². The zero-order valence-corrected chi connectivity index (χ0v) is 13.4. The Bertz CT molecular complexity index is 503. The summed E-state index contributed by atoms with van der Waals surface area (Å²) in [5.74, 6) is 0.203. The van der Waals surface area contributed by atoms with E-state index in [2.05, 4.69) is 10.3 Å². The standard InChI is InChI=1S/C14H25N3O2S/c1-4-17(12-14-9-7-8-13(2)16-14)20(18,19)11-6-5-10-15-3/h7-9,15H,4-6,10-12H2,1-3H3. The van der Waals surface area contributed by atoms with Gasteiger partial charge in [-0.25, -0.2) is 8.42 Å². The zero-order chi connectivity index (χ0) is 15.0. The van der Waals surface area contributed by atoms with E-state index in [0.29, 0.717) is 19.5 Å². The van der Waals surface area contributed by atoms with Crippen LogP contribution in [0.1, 0.15) is 31.2 Å². The molecular formula is C14H25N3O2S. The van der Waals surface area contributed by atoms with Crippen LogP contribution in [-0.2, 0) is 16.6 Å². The van der Waals surface area contributed by atoms with E-state index in [1.54, 1.807) is 0 Å². The summed E-state index contributed by atoms with van der Waals surface area (Å²) in [6.07, 6.45) is 1.55. The van der Waals surface area contributed by atoms with Crippen LogP contribution in [0.2, 0.25) is 0 Å². The van der Waals surface area contributed by atoms with Gasteiger partial charge >= 0.3 is 0 Å². The van der Waals surface area contributed by atoms with E-state index in [9.17, 15) is 8.42 Å². The normalized spacial score (nSPS) is 12.0. The lowest BCUT2D eigenvalue weighted by molar-refractivity contribution is 0.417. The van der Waals surface area contributed by atoms with Gasteiger partial charge in [-0.2, -0.15) is 4.31 Å². The van der Waals surface area contributed by atoms with Gasteiger partial charge in [-0.1, -0.05) is 13.0 Å². The Morgan fingerprint density at radius 3 is 2.65 bits per heavy atom. The molecule has 0 saturated heterocycles. The van der Waals surface area contributed by atoms with Gasteiger partial charge in [0.05, 0.1) is 18.0 Å². The monoisotopic (exact) mass is 299 g/mol. The van der Waals surface area contributed by atoms with Gasteiger partial charge in [0, 0.05) is 12.2 Å². The van der Waals surface area contributed by atoms with E-state index in [1.807, 2.05) is 39.1 Å². The molecule has 0 atom stereocenters. The number of hydrogen-bond donors (Lipinski definition) is 1. The number of hydrogen-bond acceptors (Lipinski definition) is 4. The third kappa shape index (κ3) is 5.56. The average molecular weight is 299 g/mol. The largest absolute Gasteiger partial charge is 0.320 e. The second-order valence-corrected chi connectivity index (χ2v) is 6.91. The summed E-state index contributed by atoms with van der Waals surface area (Å²) in [5.41, 5.74) is 1.70. The Labute approximate surface area is 122 Å². The molecule has 6 heteroatoms. The first-order valence-electron chi connectivity index (χ1n) is 7.04. The van der Waals surface area contributed by atoms with Crippen molar-refractivity contribution in [2.24, 2.45) is 0 Å². The van der Waals surface area contributed by atoms with Crippen LogP contribution in [0.25, 0.3) is 0 Å². The molecule has 114 valence electrons. The minimum absolute atomic E-state index is 0.203. The van der Waals surface area contributed by atoms with Gasteiger partial charge in [0.2, 0.25) is 10.0 Å². The van der Waals surface area contributed by atoms with E-state index < -0.39 is 10.0 Å². The van der Waals surface area contributed by atoms with E-state index in [-0.39, 0.29) is 5.75 Å².